The van der Waals surface area contributed by atoms with Gasteiger partial charge in [-0.1, -0.05) is 60.1 Å². The molecule has 16 unspecified atom stereocenters. The van der Waals surface area contributed by atoms with Crippen LogP contribution in [0.1, 0.15) is 77.1 Å². The number of rotatable bonds is 9. The molecule has 2 aromatic heterocycles. The third kappa shape index (κ3) is 7.66. The minimum absolute atomic E-state index is 0.0216. The van der Waals surface area contributed by atoms with Crippen LogP contribution in [0.25, 0.3) is 10.9 Å². The van der Waals surface area contributed by atoms with Crippen LogP contribution in [-0.2, 0) is 43.4 Å². The zero-order valence-corrected chi connectivity index (χ0v) is 42.2. The number of carbonyl (C=O) groups is 3. The van der Waals surface area contributed by atoms with E-state index in [2.05, 4.69) is 34.0 Å². The van der Waals surface area contributed by atoms with Crippen molar-refractivity contribution in [3.8, 4) is 52.4 Å². The van der Waals surface area contributed by atoms with Crippen LogP contribution in [0.5, 0.6) is 28.7 Å². The molecule has 8 aliphatic heterocycles. The van der Waals surface area contributed by atoms with Gasteiger partial charge < -0.3 is 94.3 Å². The molecule has 9 aliphatic rings. The Kier molecular flexibility index (Phi) is 12.3. The molecule has 79 heavy (non-hydrogen) atoms. The van der Waals surface area contributed by atoms with Crippen molar-refractivity contribution in [3.63, 3.8) is 0 Å². The molecule has 0 radical (unpaired) electrons. The molecule has 1 aliphatic carbocycles. The second-order valence-electron chi connectivity index (χ2n) is 21.7. The number of aromatic amines is 1. The molecule has 410 valence electrons. The number of nitrogens with two attached hydrogens (primary N) is 1. The molecule has 5 aromatic rings. The highest BCUT2D eigenvalue weighted by atomic mass is 16.7. The van der Waals surface area contributed by atoms with Gasteiger partial charge in [-0.05, 0) is 67.1 Å². The van der Waals surface area contributed by atoms with Gasteiger partial charge in [-0.2, -0.15) is 0 Å². The number of aliphatic carboxylic acids is 1. The molecule has 3 aromatic carbocycles. The summed E-state index contributed by atoms with van der Waals surface area (Å²) in [5, 5.41) is 86.0. The quantitative estimate of drug-likeness (QED) is 0.0331. The number of nitrogens with one attached hydrogen (secondary N) is 2. The van der Waals surface area contributed by atoms with Crippen LogP contribution in [-0.4, -0.2) is 131 Å². The van der Waals surface area contributed by atoms with E-state index in [9.17, 15) is 50.1 Å². The molecule has 2 spiro atoms. The first-order chi connectivity index (χ1) is 38.2. The molecular formula is C58H56N4O17. The van der Waals surface area contributed by atoms with Crippen LogP contribution >= 0.6 is 0 Å². The Morgan fingerprint density at radius 2 is 1.81 bits per heavy atom. The van der Waals surface area contributed by atoms with Crippen LogP contribution in [0, 0.1) is 46.9 Å². The number of carboxylic acid groups (broad SMARTS) is 1. The minimum Gasteiger partial charge on any atom is -0.487 e. The summed E-state index contributed by atoms with van der Waals surface area (Å²) in [6, 6.07) is 16.5. The monoisotopic (exact) mass is 1080 g/mol. The summed E-state index contributed by atoms with van der Waals surface area (Å²) in [6.07, 6.45) is -5.29. The average molecular weight is 1080 g/mol. The summed E-state index contributed by atoms with van der Waals surface area (Å²) in [5.41, 5.74) is 4.52. The highest BCUT2D eigenvalue weighted by Crippen LogP contribution is 2.65. The van der Waals surface area contributed by atoms with Crippen molar-refractivity contribution >= 4 is 29.1 Å². The van der Waals surface area contributed by atoms with E-state index >= 15 is 0 Å². The Morgan fingerprint density at radius 1 is 0.975 bits per heavy atom. The SMILES string of the molecule is NC1NC=CC23OC4Oc5cc6c(c(Cn7cc8cc[nH]c8c7CO)c5CC5(CCC(C5)C(CC=O)C#CC(C(=O)O)C(=O)OC12)C4(O)C(O)C3O)C1Oc2c3ccc(OCO)c2OCC(O)C#CC(c2ccccc2)C(O6)C31. The van der Waals surface area contributed by atoms with Gasteiger partial charge >= 0.3 is 11.9 Å². The molecule has 11 N–H and O–H groups in total. The van der Waals surface area contributed by atoms with E-state index in [1.165, 1.54) is 12.3 Å². The van der Waals surface area contributed by atoms with Crippen molar-refractivity contribution in [3.05, 3.63) is 113 Å². The maximum absolute atomic E-state index is 14.0. The Bertz CT molecular complexity index is 3470. The zero-order valence-electron chi connectivity index (χ0n) is 42.2. The number of aldehydes is 1. The van der Waals surface area contributed by atoms with E-state index in [-0.39, 0.29) is 80.6 Å². The first-order valence-electron chi connectivity index (χ1n) is 26.3. The van der Waals surface area contributed by atoms with E-state index in [1.54, 1.807) is 18.3 Å². The largest absolute Gasteiger partial charge is 0.487 e. The Hall–Kier alpha value is -7.57. The van der Waals surface area contributed by atoms with Crippen molar-refractivity contribution in [1.82, 2.24) is 14.9 Å². The third-order valence-corrected chi connectivity index (χ3v) is 17.7. The van der Waals surface area contributed by atoms with Gasteiger partial charge in [0.1, 0.15) is 61.1 Å². The fraction of sp³-hybridized carbons (Fsp3) is 0.431. The predicted octanol–water partition coefficient (Wildman–Crippen LogP) is 1.86. The van der Waals surface area contributed by atoms with Gasteiger partial charge in [-0.25, -0.2) is 0 Å². The second-order valence-corrected chi connectivity index (χ2v) is 21.7. The molecule has 14 rings (SSSR count). The number of aliphatic hydroxyl groups excluding tert-OH is 5. The molecule has 21 nitrogen and oxygen atoms in total. The van der Waals surface area contributed by atoms with Gasteiger partial charge in [0.2, 0.25) is 18.0 Å². The number of hydrogen-bond donors (Lipinski definition) is 10. The van der Waals surface area contributed by atoms with E-state index in [0.29, 0.717) is 39.8 Å². The number of benzene rings is 3. The highest BCUT2D eigenvalue weighted by Gasteiger charge is 2.74. The summed E-state index contributed by atoms with van der Waals surface area (Å²) in [5.74, 6) is 4.83. The summed E-state index contributed by atoms with van der Waals surface area (Å²) < 4.78 is 48.4. The molecule has 21 heteroatoms. The topological polar surface area (TPSA) is 316 Å². The standard InChI is InChI=1S/C58H56N4O17/c59-52-51-57(16-18-61-52)49(67)50(68)58(72)55(79-57)76-40-20-41-42(48-43-34-10-11-39(74-27-65)47(46(34)77-48)73-26-32(66)7-9-33(45(43)75-41)29-4-2-1-3-5-29)37(24-62-23-31-13-17-60-44(31)38(62)25-64)36(40)22-56(58)15-12-30(21-56)28(14-19-63)6-8-35(53(69)70)54(71)78-51/h1-5,10-11,13,16-20,23,28,30,32-33,35,43,45,48-52,55,60-61,64-68,72H,12,14-15,21-22,24-27,59H2,(H,69,70). The molecular weight excluding hydrogens is 1020 g/mol. The number of H-pyrrole nitrogens is 1. The zero-order chi connectivity index (χ0) is 54.7. The maximum atomic E-state index is 14.0. The number of hydrogen-bond acceptors (Lipinski definition) is 18. The van der Waals surface area contributed by atoms with Crippen LogP contribution in [0.4, 0.5) is 0 Å². The number of carboxylic acids is 1. The fourth-order valence-corrected chi connectivity index (χ4v) is 14.0. The number of esters is 1. The predicted molar refractivity (Wildman–Crippen MR) is 273 cm³/mol. The number of nitrogens with zero attached hydrogens (tertiary/aromatic N) is 1. The van der Waals surface area contributed by atoms with Gasteiger partial charge in [-0.3, -0.25) is 9.59 Å². The average Bonchev–Trinajstić information content (AvgIpc) is 3.18. The van der Waals surface area contributed by atoms with Crippen LogP contribution in [0.3, 0.4) is 0 Å². The highest BCUT2D eigenvalue weighted by molar-refractivity contribution is 5.97. The van der Waals surface area contributed by atoms with Crippen molar-refractivity contribution in [2.75, 3.05) is 13.4 Å². The first-order valence-corrected chi connectivity index (χ1v) is 26.3. The number of aromatic nitrogens is 2. The number of carbonyl (C=O) groups excluding carboxylic acids is 2. The maximum Gasteiger partial charge on any atom is 0.333 e. The summed E-state index contributed by atoms with van der Waals surface area (Å²) in [7, 11) is 0. The van der Waals surface area contributed by atoms with Crippen molar-refractivity contribution < 1.29 is 83.3 Å². The first kappa shape index (κ1) is 50.9. The van der Waals surface area contributed by atoms with Crippen LogP contribution in [0.15, 0.2) is 79.3 Å². The molecule has 0 amide bonds. The van der Waals surface area contributed by atoms with Crippen LogP contribution < -0.4 is 34.7 Å². The fourth-order valence-electron chi connectivity index (χ4n) is 14.0. The smallest absolute Gasteiger partial charge is 0.333 e. The van der Waals surface area contributed by atoms with Gasteiger partial charge in [0.05, 0.1) is 29.7 Å². The third-order valence-electron chi connectivity index (χ3n) is 17.7. The lowest BCUT2D eigenvalue weighted by Gasteiger charge is -2.59. The molecule has 1 saturated carbocycles. The van der Waals surface area contributed by atoms with Crippen molar-refractivity contribution in [2.45, 2.75) is 117 Å². The van der Waals surface area contributed by atoms with E-state index in [1.807, 2.05) is 53.2 Å². The van der Waals surface area contributed by atoms with Crippen molar-refractivity contribution in [2.24, 2.45) is 28.9 Å². The summed E-state index contributed by atoms with van der Waals surface area (Å²) in [4.78, 5) is 42.5. The second kappa shape index (κ2) is 19.1. The summed E-state index contributed by atoms with van der Waals surface area (Å²) in [6.45, 7) is -1.34. The van der Waals surface area contributed by atoms with Crippen LogP contribution in [0.2, 0.25) is 0 Å². The van der Waals surface area contributed by atoms with Gasteiger partial charge in [0, 0.05) is 64.8 Å². The molecule has 2 fully saturated rings. The molecule has 10 heterocycles. The minimum atomic E-state index is -2.52. The Labute approximate surface area is 450 Å². The lowest BCUT2D eigenvalue weighted by atomic mass is 9.59. The number of fused-ring (bicyclic) bond motifs is 9. The Morgan fingerprint density at radius 3 is 2.59 bits per heavy atom. The van der Waals surface area contributed by atoms with Gasteiger partial charge in [0.15, 0.2) is 35.6 Å². The Balaban J connectivity index is 1.07. The lowest BCUT2D eigenvalue weighted by molar-refractivity contribution is -0.377. The number of ether oxygens (including phenoxy) is 7. The lowest BCUT2D eigenvalue weighted by Crippen LogP contribution is -2.80. The van der Waals surface area contributed by atoms with E-state index in [4.69, 9.17) is 38.9 Å². The molecule has 1 saturated heterocycles. The van der Waals surface area contributed by atoms with E-state index < -0.39 is 114 Å². The molecule has 9 bridgehead atoms. The summed E-state index contributed by atoms with van der Waals surface area (Å²) >= 11 is 0. The van der Waals surface area contributed by atoms with Gasteiger partial charge in [0.25, 0.3) is 0 Å². The van der Waals surface area contributed by atoms with Crippen molar-refractivity contribution in [1.29, 1.82) is 0 Å². The molecule has 16 atom stereocenters. The van der Waals surface area contributed by atoms with E-state index in [0.717, 1.165) is 10.9 Å². The van der Waals surface area contributed by atoms with Gasteiger partial charge in [-0.15, -0.1) is 0 Å². The normalized spacial score (nSPS) is 35.2. The number of aliphatic hydroxyl groups is 6.